The molecule has 0 radical (unpaired) electrons. The van der Waals surface area contributed by atoms with Gasteiger partial charge in [-0.25, -0.2) is 28.6 Å². The molecule has 1 saturated heterocycles. The molecule has 1 aromatic carbocycles. The molecule has 2 amide bonds. The SMILES string of the molecule is CC(C)(COP(=O)(O)OP(=O)(O)OC[C@H]1O[C@@H](n2cnc3c(N)ncnc32)[C@H](O)[C@@H]1OP(=O)(O)O)[C@@H](O)C(=O)NCCC(=O)NCCSC(=O)C[C@H](O)CCOCc1ccccc1. The summed E-state index contributed by atoms with van der Waals surface area (Å²) in [5, 5.41) is 36.2. The van der Waals surface area contributed by atoms with Crippen LogP contribution >= 0.6 is 35.2 Å². The lowest BCUT2D eigenvalue weighted by Gasteiger charge is -2.30. The van der Waals surface area contributed by atoms with Gasteiger partial charge in [0.2, 0.25) is 11.8 Å². The van der Waals surface area contributed by atoms with E-state index in [0.717, 1.165) is 34.5 Å². The normalized spacial score (nSPS) is 21.0. The molecule has 0 aliphatic carbocycles. The number of nitrogen functional groups attached to an aromatic ring is 1. The lowest BCUT2D eigenvalue weighted by molar-refractivity contribution is -0.137. The van der Waals surface area contributed by atoms with Crippen LogP contribution < -0.4 is 16.4 Å². The number of anilines is 1. The number of imidazole rings is 1. The summed E-state index contributed by atoms with van der Waals surface area (Å²) >= 11 is 0.934. The second-order valence-electron chi connectivity index (χ2n) is 14.5. The highest BCUT2D eigenvalue weighted by atomic mass is 32.2. The number of ether oxygens (including phenoxy) is 2. The van der Waals surface area contributed by atoms with Gasteiger partial charge in [-0.15, -0.1) is 0 Å². The van der Waals surface area contributed by atoms with Crippen molar-refractivity contribution in [3.8, 4) is 0 Å². The van der Waals surface area contributed by atoms with Crippen molar-refractivity contribution in [1.82, 2.24) is 30.2 Å². The van der Waals surface area contributed by atoms with Gasteiger partial charge in [-0.3, -0.25) is 32.5 Å². The summed E-state index contributed by atoms with van der Waals surface area (Å²) in [5.74, 6) is -1.32. The number of carbonyl (C=O) groups is 3. The maximum Gasteiger partial charge on any atom is 0.481 e. The smallest absolute Gasteiger partial charge is 0.393 e. The summed E-state index contributed by atoms with van der Waals surface area (Å²) in [6.07, 6.45) is -7.74. The first-order valence-corrected chi connectivity index (χ1v) is 24.3. The van der Waals surface area contributed by atoms with Gasteiger partial charge in [0, 0.05) is 43.7 Å². The van der Waals surface area contributed by atoms with E-state index in [0.29, 0.717) is 6.61 Å². The molecule has 1 fully saturated rings. The molecule has 1 aliphatic rings. The lowest BCUT2D eigenvalue weighted by Crippen LogP contribution is -2.46. The van der Waals surface area contributed by atoms with Crippen LogP contribution in [0.4, 0.5) is 5.82 Å². The number of amides is 2. The number of rotatable bonds is 26. The van der Waals surface area contributed by atoms with Gasteiger partial charge in [0.25, 0.3) is 0 Å². The van der Waals surface area contributed by atoms with Gasteiger partial charge in [-0.05, 0) is 12.0 Å². The van der Waals surface area contributed by atoms with E-state index in [1.807, 2.05) is 30.3 Å². The molecule has 0 spiro atoms. The average Bonchev–Trinajstić information content (AvgIpc) is 3.76. The summed E-state index contributed by atoms with van der Waals surface area (Å²) in [5.41, 5.74) is 5.21. The Morgan fingerprint density at radius 2 is 1.70 bits per heavy atom. The van der Waals surface area contributed by atoms with Crippen LogP contribution in [0.1, 0.15) is 44.9 Å². The van der Waals surface area contributed by atoms with E-state index >= 15 is 0 Å². The van der Waals surface area contributed by atoms with Crippen molar-refractivity contribution in [2.45, 2.75) is 76.5 Å². The highest BCUT2D eigenvalue weighted by Crippen LogP contribution is 2.61. The predicted octanol–water partition coefficient (Wildman–Crippen LogP) is 0.0226. The van der Waals surface area contributed by atoms with Crippen molar-refractivity contribution in [3.63, 3.8) is 0 Å². The summed E-state index contributed by atoms with van der Waals surface area (Å²) in [7, 11) is -16.5. The number of benzene rings is 1. The van der Waals surface area contributed by atoms with Crippen molar-refractivity contribution in [3.05, 3.63) is 48.5 Å². The largest absolute Gasteiger partial charge is 0.481 e. The van der Waals surface area contributed by atoms with Gasteiger partial charge in [-0.1, -0.05) is 55.9 Å². The molecule has 2 aromatic heterocycles. The van der Waals surface area contributed by atoms with E-state index in [4.69, 9.17) is 24.3 Å². The molecule has 2 unspecified atom stereocenters. The van der Waals surface area contributed by atoms with Crippen LogP contribution in [-0.4, -0.2) is 141 Å². The number of fused-ring (bicyclic) bond motifs is 1. The van der Waals surface area contributed by atoms with Crippen molar-refractivity contribution < 1.29 is 90.3 Å². The summed E-state index contributed by atoms with van der Waals surface area (Å²) in [4.78, 5) is 88.1. The van der Waals surface area contributed by atoms with E-state index in [1.165, 1.54) is 13.8 Å². The number of hydrogen-bond acceptors (Lipinski definition) is 20. The number of nitrogens with one attached hydrogen (secondary N) is 2. The molecule has 0 saturated carbocycles. The number of nitrogens with zero attached hydrogens (tertiary/aromatic N) is 4. The number of thioether (sulfide) groups is 1. The Labute approximate surface area is 363 Å². The van der Waals surface area contributed by atoms with Crippen LogP contribution in [0.3, 0.4) is 0 Å². The summed E-state index contributed by atoms with van der Waals surface area (Å²) in [6, 6.07) is 9.49. The number of hydrogen-bond donors (Lipinski definition) is 10. The number of phosphoric ester groups is 3. The Kier molecular flexibility index (Phi) is 19.3. The zero-order valence-corrected chi connectivity index (χ0v) is 37.2. The minimum absolute atomic E-state index is 0.0232. The molecule has 63 heavy (non-hydrogen) atoms. The molecule has 8 atom stereocenters. The molecule has 0 bridgehead atoms. The number of nitrogens with two attached hydrogens (primary N) is 1. The molecule has 30 heteroatoms. The quantitative estimate of drug-likeness (QED) is 0.0374. The fourth-order valence-electron chi connectivity index (χ4n) is 5.63. The molecule has 3 heterocycles. The summed E-state index contributed by atoms with van der Waals surface area (Å²) in [6.45, 7) is 0.962. The second-order valence-corrected chi connectivity index (χ2v) is 19.9. The Balaban J connectivity index is 1.15. The first-order valence-electron chi connectivity index (χ1n) is 18.8. The average molecular weight is 974 g/mol. The van der Waals surface area contributed by atoms with Gasteiger partial charge in [-0.2, -0.15) is 4.31 Å². The molecule has 26 nitrogen and oxygen atoms in total. The van der Waals surface area contributed by atoms with Crippen LogP contribution in [0.2, 0.25) is 0 Å². The maximum atomic E-state index is 12.7. The minimum atomic E-state index is -5.59. The zero-order chi connectivity index (χ0) is 46.6. The van der Waals surface area contributed by atoms with Crippen LogP contribution in [-0.2, 0) is 62.0 Å². The molecular formula is C33H50N7O19P3S. The maximum absolute atomic E-state index is 12.7. The van der Waals surface area contributed by atoms with Gasteiger partial charge in [0.15, 0.2) is 22.8 Å². The lowest BCUT2D eigenvalue weighted by atomic mass is 9.87. The van der Waals surface area contributed by atoms with E-state index in [1.54, 1.807) is 0 Å². The van der Waals surface area contributed by atoms with Crippen molar-refractivity contribution in [2.24, 2.45) is 5.41 Å². The molecule has 352 valence electrons. The number of aliphatic hydroxyl groups excluding tert-OH is 3. The van der Waals surface area contributed by atoms with E-state index < -0.39 is 90.7 Å². The Morgan fingerprint density at radius 3 is 2.40 bits per heavy atom. The number of carbonyl (C=O) groups excluding carboxylic acids is 3. The Hall–Kier alpha value is -3.30. The van der Waals surface area contributed by atoms with E-state index in [2.05, 4.69) is 34.4 Å². The minimum Gasteiger partial charge on any atom is -0.393 e. The van der Waals surface area contributed by atoms with Crippen LogP contribution in [0, 0.1) is 5.41 Å². The molecular weight excluding hydrogens is 923 g/mol. The third kappa shape index (κ3) is 16.9. The second kappa shape index (κ2) is 23.2. The first-order chi connectivity index (χ1) is 29.5. The first kappa shape index (κ1) is 52.3. The third-order valence-electron chi connectivity index (χ3n) is 8.87. The van der Waals surface area contributed by atoms with Gasteiger partial charge in [0.05, 0.1) is 32.3 Å². The number of aromatic nitrogens is 4. The highest BCUT2D eigenvalue weighted by molar-refractivity contribution is 8.13. The van der Waals surface area contributed by atoms with Crippen molar-refractivity contribution in [2.75, 3.05) is 44.4 Å². The molecule has 1 aliphatic heterocycles. The Morgan fingerprint density at radius 1 is 1.00 bits per heavy atom. The fraction of sp³-hybridized carbons (Fsp3) is 0.576. The summed E-state index contributed by atoms with van der Waals surface area (Å²) < 4.78 is 67.8. The van der Waals surface area contributed by atoms with Crippen LogP contribution in [0.15, 0.2) is 43.0 Å². The fourth-order valence-corrected chi connectivity index (χ4v) is 9.20. The monoisotopic (exact) mass is 973 g/mol. The van der Waals surface area contributed by atoms with E-state index in [9.17, 15) is 63.0 Å². The Bertz CT molecular complexity index is 2150. The standard InChI is InChI=1S/C33H50N7O19P3S/c1-33(2,28(45)31(46)36-10-8-23(42)35-11-13-63-24(43)14-21(41)9-12-54-15-20-6-4-3-5-7-20)17-56-62(52,53)59-61(50,51)55-16-22-27(58-60(47,48)49)26(44)32(57-22)40-19-39-25-29(34)37-18-38-30(25)40/h3-7,18-19,21-22,26-28,32,41,44-45H,8-17H2,1-2H3,(H,35,42)(H,36,46)(H,50,51)(H,52,53)(H2,34,37,38)(H2,47,48,49)/t21-,22-,26-,27-,28+,32-/m1/s1. The molecule has 4 rings (SSSR count). The van der Waals surface area contributed by atoms with Crippen LogP contribution in [0.25, 0.3) is 11.2 Å². The predicted molar refractivity (Wildman–Crippen MR) is 218 cm³/mol. The van der Waals surface area contributed by atoms with Crippen molar-refractivity contribution in [1.29, 1.82) is 0 Å². The number of aliphatic hydroxyl groups is 3. The van der Waals surface area contributed by atoms with Gasteiger partial charge < -0.3 is 60.7 Å². The molecule has 3 aromatic rings. The number of phosphoric acid groups is 3. The molecule has 11 N–H and O–H groups in total. The van der Waals surface area contributed by atoms with Gasteiger partial charge >= 0.3 is 23.5 Å². The zero-order valence-electron chi connectivity index (χ0n) is 33.7. The van der Waals surface area contributed by atoms with E-state index in [-0.39, 0.29) is 66.8 Å². The highest BCUT2D eigenvalue weighted by Gasteiger charge is 2.50. The van der Waals surface area contributed by atoms with Gasteiger partial charge in [0.1, 0.15) is 36.3 Å². The third-order valence-corrected chi connectivity index (χ3v) is 12.9. The van der Waals surface area contributed by atoms with Crippen molar-refractivity contribution >= 4 is 69.1 Å². The topological polar surface area (TPSA) is 393 Å². The van der Waals surface area contributed by atoms with Crippen LogP contribution in [0.5, 0.6) is 0 Å².